The highest BCUT2D eigenvalue weighted by atomic mass is 32.2. The number of thioether (sulfide) groups is 1. The molecule has 1 heterocycles. The summed E-state index contributed by atoms with van der Waals surface area (Å²) in [6, 6.07) is 5.01. The number of nitrogens with one attached hydrogen (secondary N) is 1. The lowest BCUT2D eigenvalue weighted by atomic mass is 9.96. The van der Waals surface area contributed by atoms with Gasteiger partial charge < -0.3 is 15.3 Å². The fourth-order valence-electron chi connectivity index (χ4n) is 2.83. The van der Waals surface area contributed by atoms with Crippen LogP contribution >= 0.6 is 11.8 Å². The van der Waals surface area contributed by atoms with E-state index >= 15 is 0 Å². The number of carbonyl (C=O) groups is 2. The first-order valence-corrected chi connectivity index (χ1v) is 8.81. The molecule has 1 aromatic carbocycles. The number of rotatable bonds is 4. The number of benzene rings is 1. The van der Waals surface area contributed by atoms with Gasteiger partial charge in [0.15, 0.2) is 0 Å². The Hall–Kier alpha value is -1.90. The molecule has 2 atom stereocenters. The number of hydrogen-bond acceptors (Lipinski definition) is 3. The van der Waals surface area contributed by atoms with Gasteiger partial charge in [-0.2, -0.15) is 13.2 Å². The SMILES string of the molecule is CSc1cc(C)ccc1CNC(=O)N1C[C@@H](C(F)(F)F)[C@H](C(=O)O)C1. The van der Waals surface area contributed by atoms with Crippen LogP contribution in [0.1, 0.15) is 11.1 Å². The van der Waals surface area contributed by atoms with Crippen LogP contribution in [0.25, 0.3) is 0 Å². The number of hydrogen-bond donors (Lipinski definition) is 2. The molecule has 1 saturated heterocycles. The number of amides is 2. The van der Waals surface area contributed by atoms with Gasteiger partial charge in [-0.05, 0) is 30.4 Å². The van der Waals surface area contributed by atoms with Crippen LogP contribution in [0.15, 0.2) is 23.1 Å². The standard InChI is InChI=1S/C16H19F3N2O3S/c1-9-3-4-10(13(5-9)25-2)6-20-15(24)21-7-11(14(22)23)12(8-21)16(17,18)19/h3-5,11-12H,6-8H2,1-2H3,(H,20,24)(H,22,23)/t11-,12-/m1/s1. The molecule has 2 rings (SSSR count). The zero-order valence-electron chi connectivity index (χ0n) is 13.8. The van der Waals surface area contributed by atoms with Crippen molar-refractivity contribution in [3.8, 4) is 0 Å². The summed E-state index contributed by atoms with van der Waals surface area (Å²) in [7, 11) is 0. The van der Waals surface area contributed by atoms with Crippen molar-refractivity contribution in [2.45, 2.75) is 24.5 Å². The van der Waals surface area contributed by atoms with Crippen LogP contribution in [0.4, 0.5) is 18.0 Å². The van der Waals surface area contributed by atoms with Crippen molar-refractivity contribution in [3.63, 3.8) is 0 Å². The number of halogens is 3. The second-order valence-electron chi connectivity index (χ2n) is 5.97. The topological polar surface area (TPSA) is 69.6 Å². The average molecular weight is 376 g/mol. The van der Waals surface area contributed by atoms with Crippen LogP contribution in [0, 0.1) is 18.8 Å². The van der Waals surface area contributed by atoms with E-state index in [1.807, 2.05) is 31.4 Å². The lowest BCUT2D eigenvalue weighted by Gasteiger charge is -2.19. The maximum absolute atomic E-state index is 13.0. The van der Waals surface area contributed by atoms with Crippen LogP contribution in [0.2, 0.25) is 0 Å². The van der Waals surface area contributed by atoms with Gasteiger partial charge in [0.2, 0.25) is 0 Å². The van der Waals surface area contributed by atoms with Gasteiger partial charge in [-0.1, -0.05) is 12.1 Å². The third kappa shape index (κ3) is 4.59. The molecule has 1 aliphatic heterocycles. The van der Waals surface area contributed by atoms with Crippen molar-refractivity contribution in [1.82, 2.24) is 10.2 Å². The van der Waals surface area contributed by atoms with E-state index in [1.54, 1.807) is 0 Å². The first kappa shape index (κ1) is 19.4. The molecule has 1 aliphatic rings. The Bertz CT molecular complexity index is 667. The van der Waals surface area contributed by atoms with Crippen LogP contribution < -0.4 is 5.32 Å². The van der Waals surface area contributed by atoms with Crippen molar-refractivity contribution in [1.29, 1.82) is 0 Å². The Kier molecular flexibility index (Phi) is 5.87. The van der Waals surface area contributed by atoms with Gasteiger partial charge in [-0.25, -0.2) is 4.79 Å². The summed E-state index contributed by atoms with van der Waals surface area (Å²) in [5, 5.41) is 11.6. The van der Waals surface area contributed by atoms with E-state index in [4.69, 9.17) is 5.11 Å². The molecule has 2 N–H and O–H groups in total. The fraction of sp³-hybridized carbons (Fsp3) is 0.500. The van der Waals surface area contributed by atoms with Gasteiger partial charge in [0.1, 0.15) is 0 Å². The minimum Gasteiger partial charge on any atom is -0.481 e. The number of aliphatic carboxylic acids is 1. The van der Waals surface area contributed by atoms with Crippen molar-refractivity contribution in [3.05, 3.63) is 29.3 Å². The molecule has 25 heavy (non-hydrogen) atoms. The molecule has 0 spiro atoms. The highest BCUT2D eigenvalue weighted by Crippen LogP contribution is 2.37. The van der Waals surface area contributed by atoms with Gasteiger partial charge in [0, 0.05) is 24.5 Å². The Balaban J connectivity index is 2.03. The van der Waals surface area contributed by atoms with Gasteiger partial charge in [0.25, 0.3) is 0 Å². The Morgan fingerprint density at radius 2 is 2.04 bits per heavy atom. The van der Waals surface area contributed by atoms with E-state index in [2.05, 4.69) is 5.32 Å². The largest absolute Gasteiger partial charge is 0.481 e. The predicted octanol–water partition coefficient (Wildman–Crippen LogP) is 3.12. The number of urea groups is 1. The number of nitrogens with zero attached hydrogens (tertiary/aromatic N) is 1. The van der Waals surface area contributed by atoms with E-state index < -0.39 is 43.1 Å². The molecule has 1 fully saturated rings. The van der Waals surface area contributed by atoms with Gasteiger partial charge in [-0.3, -0.25) is 4.79 Å². The van der Waals surface area contributed by atoms with E-state index in [0.717, 1.165) is 20.9 Å². The molecule has 9 heteroatoms. The lowest BCUT2D eigenvalue weighted by molar-refractivity contribution is -0.187. The summed E-state index contributed by atoms with van der Waals surface area (Å²) in [6.07, 6.45) is -2.76. The molecule has 0 unspecified atom stereocenters. The van der Waals surface area contributed by atoms with Gasteiger partial charge in [0.05, 0.1) is 11.8 Å². The second kappa shape index (κ2) is 7.55. The smallest absolute Gasteiger partial charge is 0.394 e. The Morgan fingerprint density at radius 1 is 1.36 bits per heavy atom. The molecule has 0 saturated carbocycles. The Morgan fingerprint density at radius 3 is 2.56 bits per heavy atom. The number of aryl methyl sites for hydroxylation is 1. The number of carboxylic acid groups (broad SMARTS) is 1. The molecule has 2 amide bonds. The number of likely N-dealkylation sites (tertiary alicyclic amines) is 1. The number of alkyl halides is 3. The quantitative estimate of drug-likeness (QED) is 0.793. The van der Waals surface area contributed by atoms with Crippen LogP contribution in [-0.4, -0.2) is 47.5 Å². The molecular formula is C16H19F3N2O3S. The molecule has 0 bridgehead atoms. The average Bonchev–Trinajstić information content (AvgIpc) is 2.99. The van der Waals surface area contributed by atoms with Gasteiger partial charge in [-0.15, -0.1) is 11.8 Å². The molecule has 0 radical (unpaired) electrons. The molecule has 5 nitrogen and oxygen atoms in total. The summed E-state index contributed by atoms with van der Waals surface area (Å²) in [5.41, 5.74) is 1.92. The normalized spacial score (nSPS) is 20.6. The van der Waals surface area contributed by atoms with Crippen molar-refractivity contribution in [2.75, 3.05) is 19.3 Å². The summed E-state index contributed by atoms with van der Waals surface area (Å²) in [6.45, 7) is 1.01. The zero-order valence-corrected chi connectivity index (χ0v) is 14.6. The highest BCUT2D eigenvalue weighted by Gasteiger charge is 2.53. The fourth-order valence-corrected chi connectivity index (χ4v) is 3.54. The van der Waals surface area contributed by atoms with Crippen LogP contribution in [0.3, 0.4) is 0 Å². The minimum absolute atomic E-state index is 0.167. The number of carboxylic acids is 1. The maximum atomic E-state index is 13.0. The van der Waals surface area contributed by atoms with Crippen molar-refractivity contribution >= 4 is 23.8 Å². The third-order valence-corrected chi connectivity index (χ3v) is 5.04. The zero-order chi connectivity index (χ0) is 18.8. The monoisotopic (exact) mass is 376 g/mol. The lowest BCUT2D eigenvalue weighted by Crippen LogP contribution is -2.39. The van der Waals surface area contributed by atoms with E-state index in [1.165, 1.54) is 11.8 Å². The van der Waals surface area contributed by atoms with E-state index in [0.29, 0.717) is 0 Å². The van der Waals surface area contributed by atoms with Crippen LogP contribution in [-0.2, 0) is 11.3 Å². The first-order chi connectivity index (χ1) is 11.6. The molecular weight excluding hydrogens is 357 g/mol. The minimum atomic E-state index is -4.65. The molecule has 1 aromatic rings. The molecule has 138 valence electrons. The maximum Gasteiger partial charge on any atom is 0.394 e. The first-order valence-electron chi connectivity index (χ1n) is 7.59. The summed E-state index contributed by atoms with van der Waals surface area (Å²) >= 11 is 1.51. The third-order valence-electron chi connectivity index (χ3n) is 4.22. The highest BCUT2D eigenvalue weighted by molar-refractivity contribution is 7.98. The molecule has 0 aliphatic carbocycles. The van der Waals surface area contributed by atoms with Gasteiger partial charge >= 0.3 is 18.2 Å². The summed E-state index contributed by atoms with van der Waals surface area (Å²) in [5.74, 6) is -5.22. The van der Waals surface area contributed by atoms with E-state index in [9.17, 15) is 22.8 Å². The summed E-state index contributed by atoms with van der Waals surface area (Å²) in [4.78, 5) is 25.1. The van der Waals surface area contributed by atoms with Crippen LogP contribution in [0.5, 0.6) is 0 Å². The van der Waals surface area contributed by atoms with Crippen molar-refractivity contribution < 1.29 is 27.9 Å². The Labute approximate surface area is 147 Å². The molecule has 0 aromatic heterocycles. The van der Waals surface area contributed by atoms with Crippen molar-refractivity contribution in [2.24, 2.45) is 11.8 Å². The second-order valence-corrected chi connectivity index (χ2v) is 6.82. The number of carbonyl (C=O) groups excluding carboxylic acids is 1. The van der Waals surface area contributed by atoms with E-state index in [-0.39, 0.29) is 6.54 Å². The predicted molar refractivity (Wildman–Crippen MR) is 87.4 cm³/mol. The summed E-state index contributed by atoms with van der Waals surface area (Å²) < 4.78 is 38.9.